The van der Waals surface area contributed by atoms with Gasteiger partial charge in [0.15, 0.2) is 0 Å². The van der Waals surface area contributed by atoms with E-state index in [0.717, 1.165) is 11.4 Å². The lowest BCUT2D eigenvalue weighted by molar-refractivity contribution is -0.134. The van der Waals surface area contributed by atoms with Crippen LogP contribution in [0.5, 0.6) is 0 Å². The Hall–Kier alpha value is -0.620. The molecule has 1 saturated heterocycles. The maximum Gasteiger partial charge on any atom is 0.250 e. The zero-order chi connectivity index (χ0) is 10.5. The molecule has 1 aliphatic heterocycles. The van der Waals surface area contributed by atoms with E-state index in [1.54, 1.807) is 11.3 Å². The smallest absolute Gasteiger partial charge is 0.250 e. The van der Waals surface area contributed by atoms with Crippen LogP contribution in [-0.4, -0.2) is 31.7 Å². The fourth-order valence-electron chi connectivity index (χ4n) is 1.44. The van der Waals surface area contributed by atoms with Gasteiger partial charge in [0.2, 0.25) is 0 Å². The highest BCUT2D eigenvalue weighted by Crippen LogP contribution is 2.07. The van der Waals surface area contributed by atoms with Gasteiger partial charge in [-0.1, -0.05) is 6.07 Å². The molecule has 1 aromatic rings. The van der Waals surface area contributed by atoms with Gasteiger partial charge in [0.1, 0.15) is 6.10 Å². The van der Waals surface area contributed by atoms with Crippen LogP contribution in [0.4, 0.5) is 0 Å². The van der Waals surface area contributed by atoms with Gasteiger partial charge in [-0.3, -0.25) is 4.79 Å². The first kappa shape index (κ1) is 13.4. The Kier molecular flexibility index (Phi) is 5.76. The third kappa shape index (κ3) is 3.75. The van der Waals surface area contributed by atoms with Gasteiger partial charge in [0, 0.05) is 18.0 Å². The van der Waals surface area contributed by atoms with Gasteiger partial charge in [-0.05, 0) is 11.4 Å². The molecule has 1 atom stereocenters. The first-order valence-corrected chi connectivity index (χ1v) is 5.86. The molecule has 16 heavy (non-hydrogen) atoms. The Morgan fingerprint density at radius 2 is 2.56 bits per heavy atom. The fourth-order valence-corrected chi connectivity index (χ4v) is 2.08. The number of hydrogen-bond acceptors (Lipinski definition) is 4. The number of thiophene rings is 1. The Labute approximate surface area is 105 Å². The number of rotatable bonds is 3. The molecular formula is C10H15ClN2O2S. The van der Waals surface area contributed by atoms with Crippen molar-refractivity contribution in [2.45, 2.75) is 12.6 Å². The number of amides is 1. The minimum absolute atomic E-state index is 0. The number of halogens is 1. The second kappa shape index (κ2) is 6.85. The summed E-state index contributed by atoms with van der Waals surface area (Å²) in [6.07, 6.45) is -0.335. The lowest BCUT2D eigenvalue weighted by Gasteiger charge is -2.22. The summed E-state index contributed by atoms with van der Waals surface area (Å²) in [6.45, 7) is 2.64. The first-order valence-electron chi connectivity index (χ1n) is 4.98. The van der Waals surface area contributed by atoms with Crippen molar-refractivity contribution in [3.05, 3.63) is 22.4 Å². The highest BCUT2D eigenvalue weighted by atomic mass is 35.5. The molecule has 0 aliphatic carbocycles. The maximum absolute atomic E-state index is 11.6. The molecule has 90 valence electrons. The van der Waals surface area contributed by atoms with Crippen molar-refractivity contribution < 1.29 is 9.53 Å². The van der Waals surface area contributed by atoms with Gasteiger partial charge in [0.05, 0.1) is 13.2 Å². The molecule has 0 radical (unpaired) electrons. The van der Waals surface area contributed by atoms with Crippen LogP contribution in [0.2, 0.25) is 0 Å². The minimum Gasteiger partial charge on any atom is -0.366 e. The summed E-state index contributed by atoms with van der Waals surface area (Å²) < 4.78 is 5.34. The molecule has 1 aromatic heterocycles. The standard InChI is InChI=1S/C10H14N2O2S.ClH/c13-10(9-7-11-3-4-14-9)12-6-8-2-1-5-15-8;/h1-2,5,9,11H,3-4,6-7H2,(H,12,13);1H/t9-;/m1./s1. The van der Waals surface area contributed by atoms with E-state index in [2.05, 4.69) is 10.6 Å². The number of morpholine rings is 1. The molecule has 0 unspecified atom stereocenters. The number of carbonyl (C=O) groups excluding carboxylic acids is 1. The largest absolute Gasteiger partial charge is 0.366 e. The zero-order valence-corrected chi connectivity index (χ0v) is 10.4. The van der Waals surface area contributed by atoms with E-state index in [-0.39, 0.29) is 24.4 Å². The van der Waals surface area contributed by atoms with Crippen molar-refractivity contribution in [2.24, 2.45) is 0 Å². The molecule has 1 fully saturated rings. The second-order valence-electron chi connectivity index (χ2n) is 3.36. The van der Waals surface area contributed by atoms with E-state index < -0.39 is 0 Å². The topological polar surface area (TPSA) is 50.4 Å². The highest BCUT2D eigenvalue weighted by molar-refractivity contribution is 7.09. The Morgan fingerprint density at radius 1 is 1.69 bits per heavy atom. The second-order valence-corrected chi connectivity index (χ2v) is 4.39. The van der Waals surface area contributed by atoms with Crippen LogP contribution in [0.3, 0.4) is 0 Å². The summed E-state index contributed by atoms with van der Waals surface area (Å²) in [6, 6.07) is 3.98. The van der Waals surface area contributed by atoms with Crippen LogP contribution in [0, 0.1) is 0 Å². The van der Waals surface area contributed by atoms with E-state index in [4.69, 9.17) is 4.74 Å². The van der Waals surface area contributed by atoms with Crippen LogP contribution in [0.1, 0.15) is 4.88 Å². The third-order valence-electron chi connectivity index (χ3n) is 2.24. The lowest BCUT2D eigenvalue weighted by atomic mass is 10.3. The summed E-state index contributed by atoms with van der Waals surface area (Å²) in [5.41, 5.74) is 0. The van der Waals surface area contributed by atoms with Crippen LogP contribution in [0.15, 0.2) is 17.5 Å². The first-order chi connectivity index (χ1) is 7.36. The van der Waals surface area contributed by atoms with Crippen molar-refractivity contribution in [3.63, 3.8) is 0 Å². The SMILES string of the molecule is Cl.O=C(NCc1cccs1)[C@H]1CNCCO1. The number of carbonyl (C=O) groups is 1. The quantitative estimate of drug-likeness (QED) is 0.846. The van der Waals surface area contributed by atoms with Crippen LogP contribution < -0.4 is 10.6 Å². The lowest BCUT2D eigenvalue weighted by Crippen LogP contribution is -2.47. The van der Waals surface area contributed by atoms with Crippen LogP contribution >= 0.6 is 23.7 Å². The van der Waals surface area contributed by atoms with Gasteiger partial charge < -0.3 is 15.4 Å². The molecule has 0 aromatic carbocycles. The summed E-state index contributed by atoms with van der Waals surface area (Å²) in [5.74, 6) is -0.0319. The van der Waals surface area contributed by atoms with E-state index in [9.17, 15) is 4.79 Å². The Morgan fingerprint density at radius 3 is 3.19 bits per heavy atom. The molecule has 1 aliphatic rings. The Balaban J connectivity index is 0.00000128. The molecule has 4 nitrogen and oxygen atoms in total. The van der Waals surface area contributed by atoms with Gasteiger partial charge in [0.25, 0.3) is 5.91 Å². The number of hydrogen-bond donors (Lipinski definition) is 2. The Bertz CT molecular complexity index is 313. The molecule has 6 heteroatoms. The van der Waals surface area contributed by atoms with Gasteiger partial charge in [-0.15, -0.1) is 23.7 Å². The van der Waals surface area contributed by atoms with Crippen molar-refractivity contribution >= 4 is 29.7 Å². The fraction of sp³-hybridized carbons (Fsp3) is 0.500. The van der Waals surface area contributed by atoms with E-state index in [0.29, 0.717) is 19.7 Å². The average Bonchev–Trinajstić information content (AvgIpc) is 2.80. The van der Waals surface area contributed by atoms with Crippen molar-refractivity contribution in [1.82, 2.24) is 10.6 Å². The average molecular weight is 263 g/mol. The molecule has 0 saturated carbocycles. The minimum atomic E-state index is -0.335. The van der Waals surface area contributed by atoms with Gasteiger partial charge in [-0.2, -0.15) is 0 Å². The van der Waals surface area contributed by atoms with E-state index in [1.807, 2.05) is 17.5 Å². The predicted molar refractivity (Wildman–Crippen MR) is 66.0 cm³/mol. The summed E-state index contributed by atoms with van der Waals surface area (Å²) in [4.78, 5) is 12.8. The summed E-state index contributed by atoms with van der Waals surface area (Å²) in [7, 11) is 0. The molecule has 2 heterocycles. The molecule has 0 bridgehead atoms. The van der Waals surface area contributed by atoms with Crippen LogP contribution in [0.25, 0.3) is 0 Å². The summed E-state index contributed by atoms with van der Waals surface area (Å²) in [5, 5.41) is 7.99. The highest BCUT2D eigenvalue weighted by Gasteiger charge is 2.21. The monoisotopic (exact) mass is 262 g/mol. The maximum atomic E-state index is 11.6. The number of nitrogens with one attached hydrogen (secondary N) is 2. The molecule has 2 N–H and O–H groups in total. The normalized spacial score (nSPS) is 19.9. The van der Waals surface area contributed by atoms with E-state index >= 15 is 0 Å². The summed E-state index contributed by atoms with van der Waals surface area (Å²) >= 11 is 1.64. The van der Waals surface area contributed by atoms with E-state index in [1.165, 1.54) is 0 Å². The third-order valence-corrected chi connectivity index (χ3v) is 3.11. The molecule has 0 spiro atoms. The van der Waals surface area contributed by atoms with Crippen molar-refractivity contribution in [1.29, 1.82) is 0 Å². The number of ether oxygens (including phenoxy) is 1. The van der Waals surface area contributed by atoms with Crippen molar-refractivity contribution in [2.75, 3.05) is 19.7 Å². The predicted octanol–water partition coefficient (Wildman–Crippen LogP) is 0.774. The molecular weight excluding hydrogens is 248 g/mol. The molecule has 1 amide bonds. The zero-order valence-electron chi connectivity index (χ0n) is 8.77. The van der Waals surface area contributed by atoms with Crippen LogP contribution in [-0.2, 0) is 16.1 Å². The molecule has 2 rings (SSSR count). The van der Waals surface area contributed by atoms with Crippen molar-refractivity contribution in [3.8, 4) is 0 Å². The van der Waals surface area contributed by atoms with Gasteiger partial charge in [-0.25, -0.2) is 0 Å². The van der Waals surface area contributed by atoms with Gasteiger partial charge >= 0.3 is 0 Å².